The van der Waals surface area contributed by atoms with E-state index in [2.05, 4.69) is 34.6 Å². The Morgan fingerprint density at radius 3 is 1.90 bits per heavy atom. The third kappa shape index (κ3) is 5.00. The molecule has 0 N–H and O–H groups in total. The van der Waals surface area contributed by atoms with E-state index in [9.17, 15) is 0 Å². The van der Waals surface area contributed by atoms with E-state index in [-0.39, 0.29) is 0 Å². The molecule has 2 rings (SSSR count). The van der Waals surface area contributed by atoms with Crippen molar-refractivity contribution in [1.82, 2.24) is 0 Å². The molecule has 0 bridgehead atoms. The lowest BCUT2D eigenvalue weighted by molar-refractivity contribution is 0.105. The number of hydrogen-bond donors (Lipinski definition) is 0. The fourth-order valence-electron chi connectivity index (χ4n) is 5.35. The predicted octanol–water partition coefficient (Wildman–Crippen LogP) is 6.94. The Bertz CT molecular complexity index is 294. The Kier molecular flexibility index (Phi) is 6.63. The Morgan fingerprint density at radius 2 is 1.19 bits per heavy atom. The minimum atomic E-state index is 0.950. The minimum Gasteiger partial charge on any atom is -0.0625 e. The molecule has 2 saturated carbocycles. The van der Waals surface area contributed by atoms with Gasteiger partial charge < -0.3 is 0 Å². The van der Waals surface area contributed by atoms with Gasteiger partial charge in [-0.3, -0.25) is 0 Å². The maximum atomic E-state index is 2.57. The van der Waals surface area contributed by atoms with E-state index in [0.717, 1.165) is 41.4 Å². The molecule has 0 nitrogen and oxygen atoms in total. The molecule has 2 aliphatic rings. The monoisotopic (exact) mass is 292 g/mol. The van der Waals surface area contributed by atoms with Gasteiger partial charge in [0, 0.05) is 0 Å². The molecule has 0 saturated heterocycles. The summed E-state index contributed by atoms with van der Waals surface area (Å²) in [5, 5.41) is 0. The highest BCUT2D eigenvalue weighted by atomic mass is 14.4. The van der Waals surface area contributed by atoms with Crippen molar-refractivity contribution in [3.63, 3.8) is 0 Å². The normalized spacial score (nSPS) is 47.0. The largest absolute Gasteiger partial charge is 0.0625 e. The van der Waals surface area contributed by atoms with Crippen LogP contribution in [0.3, 0.4) is 0 Å². The van der Waals surface area contributed by atoms with Crippen molar-refractivity contribution >= 4 is 0 Å². The molecular weight excluding hydrogens is 252 g/mol. The molecule has 2 fully saturated rings. The summed E-state index contributed by atoms with van der Waals surface area (Å²) in [6.07, 6.45) is 13.4. The summed E-state index contributed by atoms with van der Waals surface area (Å²) in [4.78, 5) is 0. The van der Waals surface area contributed by atoms with Gasteiger partial charge in [-0.2, -0.15) is 0 Å². The van der Waals surface area contributed by atoms with E-state index in [1.54, 1.807) is 0 Å². The van der Waals surface area contributed by atoms with Crippen molar-refractivity contribution < 1.29 is 0 Å². The first-order valence-corrected chi connectivity index (χ1v) is 9.97. The van der Waals surface area contributed by atoms with Gasteiger partial charge in [-0.1, -0.05) is 66.7 Å². The van der Waals surface area contributed by atoms with Crippen molar-refractivity contribution in [1.29, 1.82) is 0 Å². The molecule has 7 unspecified atom stereocenters. The quantitative estimate of drug-likeness (QED) is 0.491. The van der Waals surface area contributed by atoms with Gasteiger partial charge in [0.15, 0.2) is 0 Å². The van der Waals surface area contributed by atoms with Crippen molar-refractivity contribution in [3.05, 3.63) is 0 Å². The van der Waals surface area contributed by atoms with Crippen LogP contribution < -0.4 is 0 Å². The molecule has 0 aliphatic heterocycles. The lowest BCUT2D eigenvalue weighted by atomic mass is 9.65. The van der Waals surface area contributed by atoms with E-state index in [1.165, 1.54) is 57.8 Å². The van der Waals surface area contributed by atoms with E-state index in [1.807, 2.05) is 0 Å². The van der Waals surface area contributed by atoms with Crippen LogP contribution in [0.2, 0.25) is 0 Å². The van der Waals surface area contributed by atoms with E-state index >= 15 is 0 Å². The summed E-state index contributed by atoms with van der Waals surface area (Å²) in [5.41, 5.74) is 0. The Balaban J connectivity index is 1.98. The van der Waals surface area contributed by atoms with Crippen molar-refractivity contribution in [3.8, 4) is 0 Å². The van der Waals surface area contributed by atoms with Gasteiger partial charge in [0.1, 0.15) is 0 Å². The van der Waals surface area contributed by atoms with Crippen LogP contribution in [0, 0.1) is 41.4 Å². The summed E-state index contributed by atoms with van der Waals surface area (Å²) in [7, 11) is 0. The number of rotatable bonds is 1. The van der Waals surface area contributed by atoms with Gasteiger partial charge in [0.2, 0.25) is 0 Å². The second-order valence-electron chi connectivity index (χ2n) is 9.12. The molecule has 0 heterocycles. The number of hydrogen-bond acceptors (Lipinski definition) is 0. The van der Waals surface area contributed by atoms with Crippen LogP contribution >= 0.6 is 0 Å². The topological polar surface area (TPSA) is 0 Å². The Morgan fingerprint density at radius 1 is 0.524 bits per heavy atom. The van der Waals surface area contributed by atoms with Crippen LogP contribution in [0.25, 0.3) is 0 Å². The van der Waals surface area contributed by atoms with Crippen LogP contribution in [0.5, 0.6) is 0 Å². The smallest absolute Gasteiger partial charge is 0.0360 e. The maximum Gasteiger partial charge on any atom is -0.0360 e. The summed E-state index contributed by atoms with van der Waals surface area (Å²) >= 11 is 0. The van der Waals surface area contributed by atoms with Crippen LogP contribution in [-0.4, -0.2) is 0 Å². The lowest BCUT2D eigenvalue weighted by Gasteiger charge is -2.40. The maximum absolute atomic E-state index is 2.57. The second-order valence-corrected chi connectivity index (χ2v) is 9.12. The fraction of sp³-hybridized carbons (Fsp3) is 1.00. The molecular formula is C21H40. The Labute approximate surface area is 134 Å². The van der Waals surface area contributed by atoms with Crippen LogP contribution in [0.4, 0.5) is 0 Å². The van der Waals surface area contributed by atoms with Gasteiger partial charge in [-0.25, -0.2) is 0 Å². The van der Waals surface area contributed by atoms with E-state index in [0.29, 0.717) is 0 Å². The molecule has 21 heavy (non-hydrogen) atoms. The van der Waals surface area contributed by atoms with E-state index in [4.69, 9.17) is 0 Å². The second kappa shape index (κ2) is 8.02. The third-order valence-electron chi connectivity index (χ3n) is 7.13. The van der Waals surface area contributed by atoms with Crippen molar-refractivity contribution in [2.75, 3.05) is 0 Å². The SMILES string of the molecule is CC1CCCC(C2CCC(C)C(C)C2)C(C)CCC(C)C1. The van der Waals surface area contributed by atoms with Gasteiger partial charge in [0.05, 0.1) is 0 Å². The zero-order chi connectivity index (χ0) is 15.4. The molecule has 0 spiro atoms. The molecule has 0 radical (unpaired) electrons. The van der Waals surface area contributed by atoms with Gasteiger partial charge in [-0.05, 0) is 67.1 Å². The average Bonchev–Trinajstić information content (AvgIpc) is 2.43. The van der Waals surface area contributed by atoms with Gasteiger partial charge in [0.25, 0.3) is 0 Å². The highest BCUT2D eigenvalue weighted by Crippen LogP contribution is 2.43. The van der Waals surface area contributed by atoms with Crippen molar-refractivity contribution in [2.45, 2.75) is 92.4 Å². The molecule has 7 atom stereocenters. The zero-order valence-corrected chi connectivity index (χ0v) is 15.4. The van der Waals surface area contributed by atoms with Crippen LogP contribution in [-0.2, 0) is 0 Å². The molecule has 0 aromatic rings. The van der Waals surface area contributed by atoms with E-state index < -0.39 is 0 Å². The third-order valence-corrected chi connectivity index (χ3v) is 7.13. The summed E-state index contributed by atoms with van der Waals surface area (Å²) < 4.78 is 0. The molecule has 0 heteroatoms. The molecule has 124 valence electrons. The first kappa shape index (κ1) is 17.4. The summed E-state index contributed by atoms with van der Waals surface area (Å²) in [6.45, 7) is 12.5. The van der Waals surface area contributed by atoms with Crippen LogP contribution in [0.1, 0.15) is 92.4 Å². The molecule has 0 amide bonds. The predicted molar refractivity (Wildman–Crippen MR) is 94.4 cm³/mol. The first-order chi connectivity index (χ1) is 9.97. The first-order valence-electron chi connectivity index (χ1n) is 9.97. The lowest BCUT2D eigenvalue weighted by Crippen LogP contribution is -2.30. The summed E-state index contributed by atoms with van der Waals surface area (Å²) in [5.74, 6) is 6.87. The Hall–Kier alpha value is 0. The minimum absolute atomic E-state index is 0.950. The van der Waals surface area contributed by atoms with Crippen molar-refractivity contribution in [2.24, 2.45) is 41.4 Å². The van der Waals surface area contributed by atoms with Gasteiger partial charge in [-0.15, -0.1) is 0 Å². The molecule has 0 aromatic carbocycles. The van der Waals surface area contributed by atoms with Crippen LogP contribution in [0.15, 0.2) is 0 Å². The molecule has 0 aromatic heterocycles. The highest BCUT2D eigenvalue weighted by Gasteiger charge is 2.33. The highest BCUT2D eigenvalue weighted by molar-refractivity contribution is 4.83. The zero-order valence-electron chi connectivity index (χ0n) is 15.4. The van der Waals surface area contributed by atoms with Gasteiger partial charge >= 0.3 is 0 Å². The standard InChI is InChI=1S/C21H40/c1-15-7-6-8-21(18(4)10-9-16(2)13-15)20-12-11-17(3)19(5)14-20/h15-21H,6-14H2,1-5H3. The molecule has 2 aliphatic carbocycles. The average molecular weight is 293 g/mol. The summed E-state index contributed by atoms with van der Waals surface area (Å²) in [6, 6.07) is 0. The fourth-order valence-corrected chi connectivity index (χ4v) is 5.35.